The summed E-state index contributed by atoms with van der Waals surface area (Å²) in [5.41, 5.74) is 7.14. The monoisotopic (exact) mass is 274 g/mol. The van der Waals surface area contributed by atoms with Crippen LogP contribution in [-0.2, 0) is 10.2 Å². The van der Waals surface area contributed by atoms with Gasteiger partial charge in [0.2, 0.25) is 0 Å². The van der Waals surface area contributed by atoms with Gasteiger partial charge in [0.15, 0.2) is 5.82 Å². The fourth-order valence-electron chi connectivity index (χ4n) is 1.70. The molecule has 20 heavy (non-hydrogen) atoms. The van der Waals surface area contributed by atoms with Gasteiger partial charge < -0.3 is 10.5 Å². The highest BCUT2D eigenvalue weighted by atomic mass is 16.5. The number of nitrogen functional groups attached to an aromatic ring is 1. The molecule has 0 aliphatic rings. The Labute approximate surface area is 117 Å². The zero-order valence-electron chi connectivity index (χ0n) is 12.0. The van der Waals surface area contributed by atoms with Gasteiger partial charge in [-0.2, -0.15) is 9.78 Å². The molecule has 6 nitrogen and oxygen atoms in total. The first-order chi connectivity index (χ1) is 9.32. The molecule has 106 valence electrons. The van der Waals surface area contributed by atoms with Crippen molar-refractivity contribution in [1.82, 2.24) is 14.8 Å². The molecular weight excluding hydrogens is 256 g/mol. The van der Waals surface area contributed by atoms with E-state index in [0.29, 0.717) is 17.2 Å². The number of ether oxygens (including phenoxy) is 1. The van der Waals surface area contributed by atoms with Crippen LogP contribution in [0.15, 0.2) is 24.4 Å². The lowest BCUT2D eigenvalue weighted by molar-refractivity contribution is 0.0600. The summed E-state index contributed by atoms with van der Waals surface area (Å²) >= 11 is 0. The Bertz CT molecular complexity index is 624. The quantitative estimate of drug-likeness (QED) is 0.846. The molecule has 2 heterocycles. The summed E-state index contributed by atoms with van der Waals surface area (Å²) in [6.45, 7) is 6.19. The van der Waals surface area contributed by atoms with Gasteiger partial charge in [-0.15, -0.1) is 0 Å². The number of nitrogens with zero attached hydrogens (tertiary/aromatic N) is 3. The second-order valence-electron chi connectivity index (χ2n) is 5.51. The summed E-state index contributed by atoms with van der Waals surface area (Å²) in [4.78, 5) is 15.5. The number of rotatable bonds is 2. The van der Waals surface area contributed by atoms with Gasteiger partial charge in [-0.3, -0.25) is 0 Å². The van der Waals surface area contributed by atoms with Crippen LogP contribution >= 0.6 is 0 Å². The first-order valence-corrected chi connectivity index (χ1v) is 6.23. The van der Waals surface area contributed by atoms with Crippen molar-refractivity contribution in [2.24, 2.45) is 0 Å². The van der Waals surface area contributed by atoms with Crippen molar-refractivity contribution >= 4 is 11.8 Å². The minimum absolute atomic E-state index is 0.0919. The Morgan fingerprint density at radius 3 is 2.50 bits per heavy atom. The van der Waals surface area contributed by atoms with Gasteiger partial charge >= 0.3 is 5.97 Å². The molecule has 2 rings (SSSR count). The van der Waals surface area contributed by atoms with Crippen LogP contribution in [0.5, 0.6) is 0 Å². The standard InChI is InChI=1S/C14H18N4O2/c1-14(2,3)10-7-11(15)18(17-10)12-6-5-9(8-16-12)13(19)20-4/h5-8H,15H2,1-4H3. The lowest BCUT2D eigenvalue weighted by Gasteiger charge is -2.14. The summed E-state index contributed by atoms with van der Waals surface area (Å²) in [5.74, 6) is 0.645. The van der Waals surface area contributed by atoms with Gasteiger partial charge in [-0.25, -0.2) is 9.78 Å². The molecule has 0 aliphatic carbocycles. The number of carbonyl (C=O) groups excluding carboxylic acids is 1. The summed E-state index contributed by atoms with van der Waals surface area (Å²) in [5, 5.41) is 4.46. The number of hydrogen-bond acceptors (Lipinski definition) is 5. The number of aromatic nitrogens is 3. The lowest BCUT2D eigenvalue weighted by atomic mass is 9.92. The van der Waals surface area contributed by atoms with E-state index in [4.69, 9.17) is 5.73 Å². The van der Waals surface area contributed by atoms with E-state index in [9.17, 15) is 4.79 Å². The first kappa shape index (κ1) is 14.0. The number of hydrogen-bond donors (Lipinski definition) is 1. The molecule has 0 unspecified atom stereocenters. The topological polar surface area (TPSA) is 83.0 Å². The highest BCUT2D eigenvalue weighted by Gasteiger charge is 2.20. The number of carbonyl (C=O) groups is 1. The summed E-state index contributed by atoms with van der Waals surface area (Å²) in [6.07, 6.45) is 1.44. The fraction of sp³-hybridized carbons (Fsp3) is 0.357. The minimum Gasteiger partial charge on any atom is -0.465 e. The average Bonchev–Trinajstić information content (AvgIpc) is 2.80. The molecule has 0 aliphatic heterocycles. The summed E-state index contributed by atoms with van der Waals surface area (Å²) in [6, 6.07) is 5.14. The Hall–Kier alpha value is -2.37. The van der Waals surface area contributed by atoms with E-state index < -0.39 is 5.97 Å². The highest BCUT2D eigenvalue weighted by molar-refractivity contribution is 5.88. The number of esters is 1. The van der Waals surface area contributed by atoms with E-state index in [1.54, 1.807) is 16.8 Å². The molecule has 0 amide bonds. The van der Waals surface area contributed by atoms with E-state index in [1.807, 2.05) is 6.07 Å². The number of pyridine rings is 1. The van der Waals surface area contributed by atoms with Crippen molar-refractivity contribution in [3.8, 4) is 5.82 Å². The van der Waals surface area contributed by atoms with Crippen LogP contribution < -0.4 is 5.73 Å². The van der Waals surface area contributed by atoms with Gasteiger partial charge in [-0.05, 0) is 12.1 Å². The predicted octanol–water partition coefficient (Wildman–Crippen LogP) is 1.93. The number of methoxy groups -OCH3 is 1. The maximum Gasteiger partial charge on any atom is 0.339 e. The van der Waals surface area contributed by atoms with Crippen LogP contribution in [0, 0.1) is 0 Å². The molecule has 0 bridgehead atoms. The van der Waals surface area contributed by atoms with Gasteiger partial charge in [0, 0.05) is 17.7 Å². The maximum absolute atomic E-state index is 11.4. The molecule has 0 atom stereocenters. The van der Waals surface area contributed by atoms with Crippen LogP contribution in [0.4, 0.5) is 5.82 Å². The van der Waals surface area contributed by atoms with Crippen molar-refractivity contribution in [3.63, 3.8) is 0 Å². The van der Waals surface area contributed by atoms with Crippen molar-refractivity contribution < 1.29 is 9.53 Å². The molecule has 0 fully saturated rings. The smallest absolute Gasteiger partial charge is 0.339 e. The lowest BCUT2D eigenvalue weighted by Crippen LogP contribution is -2.13. The third kappa shape index (κ3) is 2.64. The van der Waals surface area contributed by atoms with Crippen LogP contribution in [-0.4, -0.2) is 27.8 Å². The van der Waals surface area contributed by atoms with Crippen LogP contribution in [0.3, 0.4) is 0 Å². The molecule has 2 aromatic rings. The molecule has 0 saturated heterocycles. The summed E-state index contributed by atoms with van der Waals surface area (Å²) < 4.78 is 6.19. The van der Waals surface area contributed by atoms with E-state index in [1.165, 1.54) is 13.3 Å². The Morgan fingerprint density at radius 2 is 2.05 bits per heavy atom. The Morgan fingerprint density at radius 1 is 1.35 bits per heavy atom. The van der Waals surface area contributed by atoms with E-state index >= 15 is 0 Å². The Balaban J connectivity index is 2.37. The van der Waals surface area contributed by atoms with Gasteiger partial charge in [0.1, 0.15) is 5.82 Å². The van der Waals surface area contributed by atoms with Crippen molar-refractivity contribution in [2.75, 3.05) is 12.8 Å². The number of nitrogens with two attached hydrogens (primary N) is 1. The zero-order chi connectivity index (χ0) is 14.9. The normalized spacial score (nSPS) is 11.4. The minimum atomic E-state index is -0.423. The van der Waals surface area contributed by atoms with E-state index in [0.717, 1.165) is 5.69 Å². The molecule has 0 aromatic carbocycles. The highest BCUT2D eigenvalue weighted by Crippen LogP contribution is 2.24. The fourth-order valence-corrected chi connectivity index (χ4v) is 1.70. The largest absolute Gasteiger partial charge is 0.465 e. The molecule has 0 saturated carbocycles. The molecule has 0 radical (unpaired) electrons. The first-order valence-electron chi connectivity index (χ1n) is 6.23. The molecule has 2 aromatic heterocycles. The number of anilines is 1. The summed E-state index contributed by atoms with van der Waals surface area (Å²) in [7, 11) is 1.33. The predicted molar refractivity (Wildman–Crippen MR) is 75.8 cm³/mol. The second-order valence-corrected chi connectivity index (χ2v) is 5.51. The Kier molecular flexibility index (Phi) is 3.48. The third-order valence-electron chi connectivity index (χ3n) is 2.89. The van der Waals surface area contributed by atoms with Gasteiger partial charge in [0.25, 0.3) is 0 Å². The molecule has 2 N–H and O–H groups in total. The molecule has 6 heteroatoms. The molecular formula is C14H18N4O2. The van der Waals surface area contributed by atoms with Gasteiger partial charge in [-0.1, -0.05) is 20.8 Å². The van der Waals surface area contributed by atoms with Gasteiger partial charge in [0.05, 0.1) is 18.4 Å². The van der Waals surface area contributed by atoms with E-state index in [-0.39, 0.29) is 5.41 Å². The zero-order valence-corrected chi connectivity index (χ0v) is 12.0. The average molecular weight is 274 g/mol. The van der Waals surface area contributed by atoms with Crippen LogP contribution in [0.2, 0.25) is 0 Å². The van der Waals surface area contributed by atoms with E-state index in [2.05, 4.69) is 35.6 Å². The molecule has 0 spiro atoms. The van der Waals surface area contributed by atoms with Crippen molar-refractivity contribution in [1.29, 1.82) is 0 Å². The van der Waals surface area contributed by atoms with Crippen LogP contribution in [0.1, 0.15) is 36.8 Å². The van der Waals surface area contributed by atoms with Crippen molar-refractivity contribution in [3.05, 3.63) is 35.7 Å². The third-order valence-corrected chi connectivity index (χ3v) is 2.89. The SMILES string of the molecule is COC(=O)c1ccc(-n2nc(C(C)(C)C)cc2N)nc1. The van der Waals surface area contributed by atoms with Crippen LogP contribution in [0.25, 0.3) is 5.82 Å². The second kappa shape index (κ2) is 4.96. The van der Waals surface area contributed by atoms with Crippen molar-refractivity contribution in [2.45, 2.75) is 26.2 Å². The maximum atomic E-state index is 11.4.